The van der Waals surface area contributed by atoms with Gasteiger partial charge in [0.2, 0.25) is 0 Å². The lowest BCUT2D eigenvalue weighted by Gasteiger charge is -2.57. The van der Waals surface area contributed by atoms with E-state index in [1.165, 1.54) is 24.8 Å². The average Bonchev–Trinajstić information content (AvgIpc) is 2.95. The largest absolute Gasteiger partial charge is 0.338 e. The molecule has 0 bridgehead atoms. The first-order chi connectivity index (χ1) is 12.8. The summed E-state index contributed by atoms with van der Waals surface area (Å²) in [7, 11) is 4.31. The molecule has 3 aliphatic rings. The lowest BCUT2D eigenvalue weighted by Crippen LogP contribution is -2.57. The Bertz CT molecular complexity index is 686. The van der Waals surface area contributed by atoms with Gasteiger partial charge in [0, 0.05) is 30.6 Å². The molecule has 2 atom stereocenters. The van der Waals surface area contributed by atoms with E-state index in [0.29, 0.717) is 17.3 Å². The zero-order valence-corrected chi connectivity index (χ0v) is 17.4. The van der Waals surface area contributed by atoms with Crippen molar-refractivity contribution in [3.05, 3.63) is 35.4 Å². The molecule has 1 amide bonds. The number of rotatable bonds is 4. The van der Waals surface area contributed by atoms with Crippen molar-refractivity contribution in [2.24, 2.45) is 16.7 Å². The third-order valence-corrected chi connectivity index (χ3v) is 7.29. The van der Waals surface area contributed by atoms with Gasteiger partial charge in [-0.15, -0.1) is 0 Å². The smallest absolute Gasteiger partial charge is 0.253 e. The molecule has 148 valence electrons. The molecule has 1 aromatic carbocycles. The topological polar surface area (TPSA) is 35.6 Å². The Labute approximate surface area is 164 Å². The second kappa shape index (κ2) is 6.89. The molecule has 1 aliphatic carbocycles. The second-order valence-corrected chi connectivity index (χ2v) is 10.2. The van der Waals surface area contributed by atoms with Crippen LogP contribution in [0.3, 0.4) is 0 Å². The van der Waals surface area contributed by atoms with Gasteiger partial charge in [0.15, 0.2) is 0 Å². The molecule has 2 aliphatic heterocycles. The third kappa shape index (κ3) is 3.42. The number of piperidine rings is 1. The van der Waals surface area contributed by atoms with Gasteiger partial charge in [-0.2, -0.15) is 0 Å². The number of likely N-dealkylation sites (tertiary alicyclic amines) is 1. The lowest BCUT2D eigenvalue weighted by atomic mass is 9.48. The van der Waals surface area contributed by atoms with Gasteiger partial charge in [0.05, 0.1) is 0 Å². The zero-order chi connectivity index (χ0) is 19.2. The van der Waals surface area contributed by atoms with Crippen LogP contribution in [0.4, 0.5) is 0 Å². The first kappa shape index (κ1) is 18.9. The van der Waals surface area contributed by atoms with Crippen molar-refractivity contribution in [1.29, 1.82) is 0 Å². The van der Waals surface area contributed by atoms with Crippen molar-refractivity contribution in [3.8, 4) is 0 Å². The van der Waals surface area contributed by atoms with Crippen molar-refractivity contribution in [3.63, 3.8) is 0 Å². The summed E-state index contributed by atoms with van der Waals surface area (Å²) in [5, 5.41) is 3.42. The van der Waals surface area contributed by atoms with Crippen LogP contribution in [0.25, 0.3) is 0 Å². The van der Waals surface area contributed by atoms with Crippen molar-refractivity contribution in [1.82, 2.24) is 15.1 Å². The number of hydrogen-bond acceptors (Lipinski definition) is 3. The van der Waals surface area contributed by atoms with Crippen molar-refractivity contribution in [2.75, 3.05) is 46.8 Å². The minimum atomic E-state index is 0.218. The maximum atomic E-state index is 13.2. The molecule has 4 nitrogen and oxygen atoms in total. The van der Waals surface area contributed by atoms with Crippen LogP contribution < -0.4 is 5.32 Å². The Morgan fingerprint density at radius 2 is 1.85 bits per heavy atom. The van der Waals surface area contributed by atoms with E-state index in [-0.39, 0.29) is 11.3 Å². The molecule has 1 N–H and O–H groups in total. The molecule has 4 heteroatoms. The highest BCUT2D eigenvalue weighted by molar-refractivity contribution is 5.94. The Morgan fingerprint density at radius 1 is 1.19 bits per heavy atom. The van der Waals surface area contributed by atoms with Crippen LogP contribution >= 0.6 is 0 Å². The standard InChI is InChI=1S/C23H35N3O/c1-22(2)14-23(15-25(3)4)16-26(13-20(22)23)21(27)19-7-5-17(6-8-19)18-9-11-24-12-10-18/h5-8,18,20,24H,9-16H2,1-4H3/t20-,23+/m1/s1. The first-order valence-corrected chi connectivity index (χ1v) is 10.6. The van der Waals surface area contributed by atoms with E-state index in [1.54, 1.807) is 0 Å². The molecule has 0 radical (unpaired) electrons. The maximum absolute atomic E-state index is 13.2. The van der Waals surface area contributed by atoms with Crippen LogP contribution in [0.1, 0.15) is 54.9 Å². The Morgan fingerprint density at radius 3 is 2.44 bits per heavy atom. The number of carbonyl (C=O) groups excluding carboxylic acids is 1. The van der Waals surface area contributed by atoms with E-state index in [1.807, 2.05) is 0 Å². The van der Waals surface area contributed by atoms with Crippen molar-refractivity contribution >= 4 is 5.91 Å². The SMILES string of the molecule is CN(C)C[C@@]12CN(C(=O)c3ccc(C4CCNCC4)cc3)C[C@@H]1C(C)(C)C2. The number of fused-ring (bicyclic) bond motifs is 1. The van der Waals surface area contributed by atoms with Gasteiger partial charge in [-0.25, -0.2) is 0 Å². The van der Waals surface area contributed by atoms with Crippen LogP contribution in [-0.2, 0) is 0 Å². The fourth-order valence-corrected chi connectivity index (χ4v) is 6.36. The monoisotopic (exact) mass is 369 g/mol. The molecule has 0 unspecified atom stereocenters. The highest BCUT2D eigenvalue weighted by atomic mass is 16.2. The van der Waals surface area contributed by atoms with Crippen LogP contribution in [0.5, 0.6) is 0 Å². The predicted octanol–water partition coefficient (Wildman–Crippen LogP) is 3.20. The molecule has 0 spiro atoms. The minimum Gasteiger partial charge on any atom is -0.338 e. The van der Waals surface area contributed by atoms with E-state index in [2.05, 4.69) is 67.3 Å². The Kier molecular flexibility index (Phi) is 4.84. The first-order valence-electron chi connectivity index (χ1n) is 10.6. The summed E-state index contributed by atoms with van der Waals surface area (Å²) in [6.45, 7) is 9.85. The Hall–Kier alpha value is -1.39. The molecule has 1 saturated carbocycles. The Balaban J connectivity index is 1.47. The van der Waals surface area contributed by atoms with Crippen LogP contribution in [0, 0.1) is 16.7 Å². The summed E-state index contributed by atoms with van der Waals surface area (Å²) in [5.74, 6) is 1.47. The normalized spacial score (nSPS) is 30.3. The minimum absolute atomic E-state index is 0.218. The molecule has 2 saturated heterocycles. The van der Waals surface area contributed by atoms with Crippen LogP contribution in [-0.4, -0.2) is 62.5 Å². The highest BCUT2D eigenvalue weighted by Gasteiger charge is 2.63. The van der Waals surface area contributed by atoms with Gasteiger partial charge < -0.3 is 15.1 Å². The zero-order valence-electron chi connectivity index (χ0n) is 17.4. The summed E-state index contributed by atoms with van der Waals surface area (Å²) >= 11 is 0. The molecule has 0 aromatic heterocycles. The summed E-state index contributed by atoms with van der Waals surface area (Å²) in [6.07, 6.45) is 3.62. The molecule has 1 aromatic rings. The number of hydrogen-bond donors (Lipinski definition) is 1. The summed E-state index contributed by atoms with van der Waals surface area (Å²) in [6, 6.07) is 8.49. The van der Waals surface area contributed by atoms with Gasteiger partial charge in [-0.05, 0) is 81.4 Å². The third-order valence-electron chi connectivity index (χ3n) is 7.29. The van der Waals surface area contributed by atoms with Gasteiger partial charge in [-0.3, -0.25) is 4.79 Å². The molecule has 4 rings (SSSR count). The number of nitrogens with zero attached hydrogens (tertiary/aromatic N) is 2. The van der Waals surface area contributed by atoms with Crippen LogP contribution in [0.2, 0.25) is 0 Å². The molecule has 27 heavy (non-hydrogen) atoms. The predicted molar refractivity (Wildman–Crippen MR) is 110 cm³/mol. The lowest BCUT2D eigenvalue weighted by molar-refractivity contribution is -0.0789. The summed E-state index contributed by atoms with van der Waals surface area (Å²) < 4.78 is 0. The fraction of sp³-hybridized carbons (Fsp3) is 0.696. The summed E-state index contributed by atoms with van der Waals surface area (Å²) in [5.41, 5.74) is 2.88. The van der Waals surface area contributed by atoms with Gasteiger partial charge >= 0.3 is 0 Å². The molecular formula is C23H35N3O. The fourth-order valence-electron chi connectivity index (χ4n) is 6.36. The molecular weight excluding hydrogens is 334 g/mol. The van der Waals surface area contributed by atoms with E-state index >= 15 is 0 Å². The van der Waals surface area contributed by atoms with Crippen LogP contribution in [0.15, 0.2) is 24.3 Å². The van der Waals surface area contributed by atoms with Gasteiger partial charge in [0.1, 0.15) is 0 Å². The maximum Gasteiger partial charge on any atom is 0.253 e. The summed E-state index contributed by atoms with van der Waals surface area (Å²) in [4.78, 5) is 17.6. The van der Waals surface area contributed by atoms with E-state index in [4.69, 9.17) is 0 Å². The van der Waals surface area contributed by atoms with Gasteiger partial charge in [-0.1, -0.05) is 26.0 Å². The number of amides is 1. The van der Waals surface area contributed by atoms with E-state index < -0.39 is 0 Å². The van der Waals surface area contributed by atoms with E-state index in [9.17, 15) is 4.79 Å². The van der Waals surface area contributed by atoms with Crippen molar-refractivity contribution < 1.29 is 4.79 Å². The second-order valence-electron chi connectivity index (χ2n) is 10.2. The average molecular weight is 370 g/mol. The number of benzene rings is 1. The number of nitrogens with one attached hydrogen (secondary N) is 1. The van der Waals surface area contributed by atoms with E-state index in [0.717, 1.165) is 38.3 Å². The molecule has 3 fully saturated rings. The molecule has 2 heterocycles. The van der Waals surface area contributed by atoms with Gasteiger partial charge in [0.25, 0.3) is 5.91 Å². The van der Waals surface area contributed by atoms with Crippen molar-refractivity contribution in [2.45, 2.75) is 39.0 Å². The highest BCUT2D eigenvalue weighted by Crippen LogP contribution is 2.62. The number of carbonyl (C=O) groups is 1. The quantitative estimate of drug-likeness (QED) is 0.885.